The van der Waals surface area contributed by atoms with Crippen molar-refractivity contribution in [2.24, 2.45) is 13.0 Å². The Balaban J connectivity index is 1.61. The number of carbonyl (C=O) groups excluding carboxylic acids is 2. The summed E-state index contributed by atoms with van der Waals surface area (Å²) in [5, 5.41) is 3.25. The molecule has 2 aromatic carbocycles. The van der Waals surface area contributed by atoms with Gasteiger partial charge >= 0.3 is 0 Å². The first-order valence-corrected chi connectivity index (χ1v) is 12.4. The van der Waals surface area contributed by atoms with Crippen LogP contribution in [0.2, 0.25) is 0 Å². The normalized spacial score (nSPS) is 15.3. The second-order valence-electron chi connectivity index (χ2n) is 8.64. The summed E-state index contributed by atoms with van der Waals surface area (Å²) in [6.45, 7) is 4.45. The van der Waals surface area contributed by atoms with Gasteiger partial charge in [0.2, 0.25) is 5.91 Å². The lowest BCUT2D eigenvalue weighted by atomic mass is 10.0. The molecule has 168 valence electrons. The van der Waals surface area contributed by atoms with Gasteiger partial charge in [-0.3, -0.25) is 9.59 Å². The summed E-state index contributed by atoms with van der Waals surface area (Å²) in [5.41, 5.74) is 3.63. The highest BCUT2D eigenvalue weighted by Gasteiger charge is 2.38. The Labute approximate surface area is 193 Å². The van der Waals surface area contributed by atoms with Crippen LogP contribution in [-0.4, -0.2) is 44.3 Å². The fraction of sp³-hybridized carbons (Fsp3) is 0.400. The van der Waals surface area contributed by atoms with Gasteiger partial charge in [0, 0.05) is 19.2 Å². The molecular formula is C25H30N4O2S. The van der Waals surface area contributed by atoms with Crippen LogP contribution in [-0.2, 0) is 18.4 Å². The molecule has 0 radical (unpaired) electrons. The zero-order valence-corrected chi connectivity index (χ0v) is 19.9. The maximum absolute atomic E-state index is 13.6. The van der Waals surface area contributed by atoms with Crippen LogP contribution in [0.4, 0.5) is 0 Å². The van der Waals surface area contributed by atoms with E-state index in [1.165, 1.54) is 0 Å². The minimum absolute atomic E-state index is 0.0186. The molecule has 3 aromatic rings. The quantitative estimate of drug-likeness (QED) is 0.560. The lowest BCUT2D eigenvalue weighted by molar-refractivity contribution is -0.128. The van der Waals surface area contributed by atoms with Crippen LogP contribution in [0.1, 0.15) is 48.1 Å². The smallest absolute Gasteiger partial charge is 0.255 e. The molecule has 1 aromatic heterocycles. The molecule has 1 aliphatic heterocycles. The van der Waals surface area contributed by atoms with Crippen molar-refractivity contribution in [3.63, 3.8) is 0 Å². The highest BCUT2D eigenvalue weighted by atomic mass is 32.2. The molecule has 1 aliphatic rings. The van der Waals surface area contributed by atoms with Gasteiger partial charge in [-0.1, -0.05) is 44.2 Å². The summed E-state index contributed by atoms with van der Waals surface area (Å²) in [6, 6.07) is 14.8. The molecule has 2 heterocycles. The number of aryl methyl sites for hydroxylation is 1. The van der Waals surface area contributed by atoms with E-state index in [1.807, 2.05) is 69.4 Å². The van der Waals surface area contributed by atoms with E-state index in [-0.39, 0.29) is 23.8 Å². The number of imidazole rings is 1. The van der Waals surface area contributed by atoms with E-state index in [1.54, 1.807) is 16.7 Å². The van der Waals surface area contributed by atoms with Gasteiger partial charge in [-0.2, -0.15) is 11.8 Å². The topological polar surface area (TPSA) is 67.2 Å². The van der Waals surface area contributed by atoms with Crippen LogP contribution in [0.5, 0.6) is 0 Å². The fourth-order valence-corrected chi connectivity index (χ4v) is 5.01. The number of hydrogen-bond acceptors (Lipinski definition) is 4. The summed E-state index contributed by atoms with van der Waals surface area (Å²) < 4.78 is 2.06. The standard InChI is InChI=1S/C25H30N4O2S/c1-16(2)22(29-15-17-9-5-6-10-18(17)25(29)31)24(30)27-20(13-14-32-4)23-26-19-11-7-8-12-21(19)28(23)3/h5-12,16,20,22H,13-15H2,1-4H3,(H,27,30)/t20-,22-/m1/s1. The van der Waals surface area contributed by atoms with Gasteiger partial charge in [-0.05, 0) is 48.1 Å². The molecule has 0 saturated carbocycles. The summed E-state index contributed by atoms with van der Waals surface area (Å²) in [7, 11) is 1.99. The van der Waals surface area contributed by atoms with Crippen molar-refractivity contribution in [1.29, 1.82) is 0 Å². The molecule has 32 heavy (non-hydrogen) atoms. The van der Waals surface area contributed by atoms with Crippen LogP contribution in [0.3, 0.4) is 0 Å². The van der Waals surface area contributed by atoms with Crippen molar-refractivity contribution in [1.82, 2.24) is 19.8 Å². The van der Waals surface area contributed by atoms with E-state index >= 15 is 0 Å². The average molecular weight is 451 g/mol. The number of nitrogens with zero attached hydrogens (tertiary/aromatic N) is 3. The number of nitrogens with one attached hydrogen (secondary N) is 1. The van der Waals surface area contributed by atoms with Crippen molar-refractivity contribution in [3.8, 4) is 0 Å². The van der Waals surface area contributed by atoms with E-state index in [2.05, 4.69) is 16.1 Å². The molecule has 1 N–H and O–H groups in total. The zero-order chi connectivity index (χ0) is 22.8. The van der Waals surface area contributed by atoms with Gasteiger partial charge in [0.05, 0.1) is 17.1 Å². The van der Waals surface area contributed by atoms with Gasteiger partial charge < -0.3 is 14.8 Å². The lowest BCUT2D eigenvalue weighted by Gasteiger charge is -2.31. The van der Waals surface area contributed by atoms with Gasteiger partial charge in [0.25, 0.3) is 5.91 Å². The summed E-state index contributed by atoms with van der Waals surface area (Å²) >= 11 is 1.74. The average Bonchev–Trinajstić information content (AvgIpc) is 3.29. The first-order valence-electron chi connectivity index (χ1n) is 11.0. The number of benzene rings is 2. The van der Waals surface area contributed by atoms with E-state index in [0.29, 0.717) is 12.1 Å². The number of hydrogen-bond donors (Lipinski definition) is 1. The van der Waals surface area contributed by atoms with Gasteiger partial charge in [-0.15, -0.1) is 0 Å². The Kier molecular flexibility index (Phi) is 6.55. The van der Waals surface area contributed by atoms with Crippen molar-refractivity contribution in [2.45, 2.75) is 38.9 Å². The molecule has 0 saturated heterocycles. The fourth-order valence-electron chi connectivity index (χ4n) is 4.54. The molecule has 4 rings (SSSR count). The maximum Gasteiger partial charge on any atom is 0.255 e. The maximum atomic E-state index is 13.6. The lowest BCUT2D eigenvalue weighted by Crippen LogP contribution is -2.51. The van der Waals surface area contributed by atoms with E-state index in [9.17, 15) is 9.59 Å². The van der Waals surface area contributed by atoms with Crippen molar-refractivity contribution >= 4 is 34.6 Å². The molecule has 6 nitrogen and oxygen atoms in total. The van der Waals surface area contributed by atoms with E-state index < -0.39 is 6.04 Å². The minimum Gasteiger partial charge on any atom is -0.344 e. The predicted octanol–water partition coefficient (Wildman–Crippen LogP) is 4.16. The number of thioether (sulfide) groups is 1. The molecule has 7 heteroatoms. The Hall–Kier alpha value is -2.80. The largest absolute Gasteiger partial charge is 0.344 e. The monoisotopic (exact) mass is 450 g/mol. The number of para-hydroxylation sites is 2. The third kappa shape index (κ3) is 4.13. The Morgan fingerprint density at radius 3 is 2.56 bits per heavy atom. The number of amides is 2. The molecular weight excluding hydrogens is 420 g/mol. The first kappa shape index (κ1) is 22.4. The molecule has 0 bridgehead atoms. The Morgan fingerprint density at radius 2 is 1.88 bits per heavy atom. The Morgan fingerprint density at radius 1 is 1.16 bits per heavy atom. The first-order chi connectivity index (χ1) is 15.4. The van der Waals surface area contributed by atoms with Gasteiger partial charge in [-0.25, -0.2) is 4.98 Å². The summed E-state index contributed by atoms with van der Waals surface area (Å²) in [4.78, 5) is 33.2. The molecule has 2 amide bonds. The summed E-state index contributed by atoms with van der Waals surface area (Å²) in [6.07, 6.45) is 2.83. The van der Waals surface area contributed by atoms with Crippen LogP contribution < -0.4 is 5.32 Å². The second-order valence-corrected chi connectivity index (χ2v) is 9.63. The van der Waals surface area contributed by atoms with Crippen LogP contribution in [0.25, 0.3) is 11.0 Å². The van der Waals surface area contributed by atoms with Crippen molar-refractivity contribution < 1.29 is 9.59 Å². The van der Waals surface area contributed by atoms with Gasteiger partial charge in [0.15, 0.2) is 0 Å². The van der Waals surface area contributed by atoms with Gasteiger partial charge in [0.1, 0.15) is 11.9 Å². The number of rotatable bonds is 8. The SMILES string of the molecule is CSCC[C@@H](NC(=O)[C@@H](C(C)C)N1Cc2ccccc2C1=O)c1nc2ccccc2n1C. The predicted molar refractivity (Wildman–Crippen MR) is 130 cm³/mol. The molecule has 0 spiro atoms. The number of fused-ring (bicyclic) bond motifs is 2. The van der Waals surface area contributed by atoms with Crippen molar-refractivity contribution in [3.05, 3.63) is 65.5 Å². The number of aromatic nitrogens is 2. The third-order valence-corrected chi connectivity index (χ3v) is 6.79. The number of carbonyl (C=O) groups is 2. The molecule has 0 unspecified atom stereocenters. The van der Waals surface area contributed by atoms with Crippen molar-refractivity contribution in [2.75, 3.05) is 12.0 Å². The molecule has 0 aliphatic carbocycles. The highest BCUT2D eigenvalue weighted by Crippen LogP contribution is 2.28. The van der Waals surface area contributed by atoms with E-state index in [0.717, 1.165) is 34.6 Å². The Bertz CT molecular complexity index is 1140. The highest BCUT2D eigenvalue weighted by molar-refractivity contribution is 7.98. The second kappa shape index (κ2) is 9.36. The molecule has 0 fully saturated rings. The third-order valence-electron chi connectivity index (χ3n) is 6.15. The minimum atomic E-state index is -0.540. The van der Waals surface area contributed by atoms with Crippen LogP contribution >= 0.6 is 11.8 Å². The van der Waals surface area contributed by atoms with Crippen LogP contribution in [0, 0.1) is 5.92 Å². The molecule has 2 atom stereocenters. The van der Waals surface area contributed by atoms with Crippen LogP contribution in [0.15, 0.2) is 48.5 Å². The van der Waals surface area contributed by atoms with E-state index in [4.69, 9.17) is 4.98 Å². The zero-order valence-electron chi connectivity index (χ0n) is 19.0. The summed E-state index contributed by atoms with van der Waals surface area (Å²) in [5.74, 6) is 1.52.